The fourth-order valence-corrected chi connectivity index (χ4v) is 4.78. The summed E-state index contributed by atoms with van der Waals surface area (Å²) in [6, 6.07) is 12.8. The second-order valence-electron chi connectivity index (χ2n) is 11.6. The van der Waals surface area contributed by atoms with Crippen LogP contribution in [0.2, 0.25) is 0 Å². The van der Waals surface area contributed by atoms with Crippen molar-refractivity contribution in [2.75, 3.05) is 32.8 Å². The fraction of sp³-hybridized carbons (Fsp3) is 0.500. The van der Waals surface area contributed by atoms with Crippen LogP contribution in [-0.2, 0) is 15.0 Å². The normalized spacial score (nSPS) is 17.6. The molecule has 1 N–H and O–H groups in total. The van der Waals surface area contributed by atoms with Gasteiger partial charge in [0.2, 0.25) is 0 Å². The molecule has 3 rings (SSSR count). The summed E-state index contributed by atoms with van der Waals surface area (Å²) in [5.41, 5.74) is 3.43. The molecular formula is C32H44N2O4. The smallest absolute Gasteiger partial charge is 0.295 e. The number of aliphatic hydroxyl groups excluding tert-OH is 1. The van der Waals surface area contributed by atoms with E-state index in [9.17, 15) is 14.7 Å². The van der Waals surface area contributed by atoms with E-state index < -0.39 is 17.7 Å². The molecule has 0 saturated carbocycles. The Morgan fingerprint density at radius 2 is 1.68 bits per heavy atom. The van der Waals surface area contributed by atoms with E-state index in [-0.39, 0.29) is 16.7 Å². The van der Waals surface area contributed by atoms with Crippen molar-refractivity contribution in [1.82, 2.24) is 9.80 Å². The Labute approximate surface area is 228 Å². The Kier molecular flexibility index (Phi) is 9.42. The maximum absolute atomic E-state index is 13.4. The monoisotopic (exact) mass is 520 g/mol. The Bertz CT molecular complexity index is 1170. The third-order valence-corrected chi connectivity index (χ3v) is 7.20. The first-order chi connectivity index (χ1) is 17.9. The predicted molar refractivity (Wildman–Crippen MR) is 153 cm³/mol. The molecule has 206 valence electrons. The molecule has 0 unspecified atom stereocenters. The van der Waals surface area contributed by atoms with Crippen LogP contribution in [0.25, 0.3) is 5.76 Å². The minimum absolute atomic E-state index is 0.0278. The van der Waals surface area contributed by atoms with Crippen LogP contribution in [0.4, 0.5) is 0 Å². The Balaban J connectivity index is 2.08. The maximum atomic E-state index is 13.4. The molecular weight excluding hydrogens is 476 g/mol. The second kappa shape index (κ2) is 12.2. The van der Waals surface area contributed by atoms with Crippen LogP contribution in [0, 0.1) is 12.8 Å². The molecule has 1 fully saturated rings. The van der Waals surface area contributed by atoms with E-state index in [1.165, 1.54) is 0 Å². The molecule has 1 saturated heterocycles. The molecule has 1 atom stereocenters. The Hall–Kier alpha value is -3.12. The summed E-state index contributed by atoms with van der Waals surface area (Å²) >= 11 is 0. The van der Waals surface area contributed by atoms with Gasteiger partial charge in [-0.2, -0.15) is 0 Å². The van der Waals surface area contributed by atoms with Crippen LogP contribution in [0.3, 0.4) is 0 Å². The number of aliphatic hydroxyl groups is 1. The molecule has 0 radical (unpaired) electrons. The van der Waals surface area contributed by atoms with E-state index in [1.54, 1.807) is 11.0 Å². The van der Waals surface area contributed by atoms with E-state index in [4.69, 9.17) is 4.74 Å². The highest BCUT2D eigenvalue weighted by Gasteiger charge is 2.46. The summed E-state index contributed by atoms with van der Waals surface area (Å²) in [7, 11) is 0. The first-order valence-corrected chi connectivity index (χ1v) is 13.7. The lowest BCUT2D eigenvalue weighted by Gasteiger charge is -2.28. The lowest BCUT2D eigenvalue weighted by atomic mass is 9.85. The summed E-state index contributed by atoms with van der Waals surface area (Å²) in [6.07, 6.45) is 0. The molecule has 6 nitrogen and oxygen atoms in total. The minimum atomic E-state index is -0.656. The van der Waals surface area contributed by atoms with Crippen LogP contribution in [0.1, 0.15) is 76.8 Å². The second-order valence-corrected chi connectivity index (χ2v) is 11.6. The maximum Gasteiger partial charge on any atom is 0.295 e. The van der Waals surface area contributed by atoms with Crippen molar-refractivity contribution in [3.05, 3.63) is 70.3 Å². The molecule has 1 amide bonds. The van der Waals surface area contributed by atoms with Gasteiger partial charge in [-0.3, -0.25) is 9.59 Å². The Morgan fingerprint density at radius 3 is 2.21 bits per heavy atom. The minimum Gasteiger partial charge on any atom is -0.507 e. The number of aryl methyl sites for hydroxylation is 1. The molecule has 2 aromatic carbocycles. The van der Waals surface area contributed by atoms with Crippen molar-refractivity contribution in [3.63, 3.8) is 0 Å². The molecule has 1 aliphatic rings. The molecule has 38 heavy (non-hydrogen) atoms. The molecule has 1 heterocycles. The lowest BCUT2D eigenvalue weighted by molar-refractivity contribution is -0.140. The number of nitrogens with zero attached hydrogens (tertiary/aromatic N) is 2. The SMILES string of the molecule is CCN(CC)CCN1C(=O)C(=O)/C(=C(/O)c2ccc(OCC(C)C)c(C)c2)[C@@H]1c1ccc(C(C)(C)C)cc1. The predicted octanol–water partition coefficient (Wildman–Crippen LogP) is 6.09. The zero-order chi connectivity index (χ0) is 28.2. The number of carbonyl (C=O) groups excluding carboxylic acids is 2. The number of Topliss-reactive ketones (excluding diaryl/α,β-unsaturated/α-hetero) is 1. The van der Waals surface area contributed by atoms with Crippen LogP contribution in [-0.4, -0.2) is 59.4 Å². The number of ether oxygens (including phenoxy) is 1. The third kappa shape index (κ3) is 6.47. The topological polar surface area (TPSA) is 70.1 Å². The standard InChI is InChI=1S/C32H44N2O4/c1-9-33(10-2)17-18-34-28(23-11-14-25(15-12-23)32(6,7)8)27(30(36)31(34)37)29(35)24-13-16-26(22(5)19-24)38-20-21(3)4/h11-16,19,21,28,35H,9-10,17-18,20H2,1-8H3/b29-27+/t28-/m0/s1. The zero-order valence-corrected chi connectivity index (χ0v) is 24.3. The van der Waals surface area contributed by atoms with Crippen LogP contribution in [0.15, 0.2) is 48.0 Å². The molecule has 0 aromatic heterocycles. The van der Waals surface area contributed by atoms with E-state index in [0.29, 0.717) is 31.2 Å². The molecule has 0 aliphatic carbocycles. The third-order valence-electron chi connectivity index (χ3n) is 7.20. The highest BCUT2D eigenvalue weighted by molar-refractivity contribution is 6.46. The van der Waals surface area contributed by atoms with Gasteiger partial charge in [0.25, 0.3) is 11.7 Å². The summed E-state index contributed by atoms with van der Waals surface area (Å²) in [6.45, 7) is 20.0. The molecule has 1 aliphatic heterocycles. The van der Waals surface area contributed by atoms with Crippen molar-refractivity contribution in [3.8, 4) is 5.75 Å². The van der Waals surface area contributed by atoms with Gasteiger partial charge in [-0.05, 0) is 66.2 Å². The number of rotatable bonds is 10. The summed E-state index contributed by atoms with van der Waals surface area (Å²) in [5, 5.41) is 11.5. The van der Waals surface area contributed by atoms with Gasteiger partial charge < -0.3 is 19.6 Å². The number of hydrogen-bond donors (Lipinski definition) is 1. The van der Waals surface area contributed by atoms with Gasteiger partial charge in [0.05, 0.1) is 18.2 Å². The van der Waals surface area contributed by atoms with Crippen molar-refractivity contribution >= 4 is 17.4 Å². The zero-order valence-electron chi connectivity index (χ0n) is 24.3. The fourth-order valence-electron chi connectivity index (χ4n) is 4.78. The highest BCUT2D eigenvalue weighted by atomic mass is 16.5. The van der Waals surface area contributed by atoms with Crippen molar-refractivity contribution in [2.24, 2.45) is 5.92 Å². The molecule has 6 heteroatoms. The van der Waals surface area contributed by atoms with Gasteiger partial charge in [0.1, 0.15) is 11.5 Å². The number of hydrogen-bond acceptors (Lipinski definition) is 5. The van der Waals surface area contributed by atoms with Gasteiger partial charge in [0.15, 0.2) is 0 Å². The van der Waals surface area contributed by atoms with Gasteiger partial charge in [-0.25, -0.2) is 0 Å². The summed E-state index contributed by atoms with van der Waals surface area (Å²) in [4.78, 5) is 30.6. The van der Waals surface area contributed by atoms with Crippen molar-refractivity contribution < 1.29 is 19.4 Å². The average Bonchev–Trinajstić information content (AvgIpc) is 3.12. The van der Waals surface area contributed by atoms with Crippen LogP contribution >= 0.6 is 0 Å². The number of ketones is 1. The van der Waals surface area contributed by atoms with E-state index in [1.807, 2.05) is 43.3 Å². The van der Waals surface area contributed by atoms with E-state index in [0.717, 1.165) is 35.5 Å². The number of benzene rings is 2. The van der Waals surface area contributed by atoms with E-state index in [2.05, 4.69) is 53.4 Å². The summed E-state index contributed by atoms with van der Waals surface area (Å²) < 4.78 is 5.89. The van der Waals surface area contributed by atoms with Gasteiger partial charge in [-0.1, -0.05) is 72.7 Å². The molecule has 0 spiro atoms. The molecule has 2 aromatic rings. The number of carbonyl (C=O) groups is 2. The number of likely N-dealkylation sites (N-methyl/N-ethyl adjacent to an activating group) is 1. The van der Waals surface area contributed by atoms with Crippen molar-refractivity contribution in [2.45, 2.75) is 66.8 Å². The molecule has 0 bridgehead atoms. The van der Waals surface area contributed by atoms with Gasteiger partial charge >= 0.3 is 0 Å². The number of amides is 1. The lowest BCUT2D eigenvalue weighted by Crippen LogP contribution is -2.38. The largest absolute Gasteiger partial charge is 0.507 e. The first-order valence-electron chi connectivity index (χ1n) is 13.7. The van der Waals surface area contributed by atoms with Gasteiger partial charge in [0, 0.05) is 18.7 Å². The Morgan fingerprint density at radius 1 is 1.05 bits per heavy atom. The number of likely N-dealkylation sites (tertiary alicyclic amines) is 1. The van der Waals surface area contributed by atoms with Crippen LogP contribution < -0.4 is 4.74 Å². The highest BCUT2D eigenvalue weighted by Crippen LogP contribution is 2.40. The van der Waals surface area contributed by atoms with E-state index >= 15 is 0 Å². The summed E-state index contributed by atoms with van der Waals surface area (Å²) in [5.74, 6) is -0.247. The van der Waals surface area contributed by atoms with Crippen LogP contribution in [0.5, 0.6) is 5.75 Å². The van der Waals surface area contributed by atoms with Crippen molar-refractivity contribution in [1.29, 1.82) is 0 Å². The van der Waals surface area contributed by atoms with Gasteiger partial charge in [-0.15, -0.1) is 0 Å². The first kappa shape index (κ1) is 29.4. The average molecular weight is 521 g/mol. The quantitative estimate of drug-likeness (QED) is 0.233.